The van der Waals surface area contributed by atoms with Gasteiger partial charge in [-0.15, -0.1) is 0 Å². The molecule has 31 heavy (non-hydrogen) atoms. The SMILES string of the molecule is CCc1ccc(N2C(=O)c3ccccc3C[C@@]2(C)C(=O)NCc2ccc(Cl)cc2)cc1. The van der Waals surface area contributed by atoms with Crippen molar-refractivity contribution in [1.82, 2.24) is 5.32 Å². The molecule has 0 saturated heterocycles. The molecule has 4 nitrogen and oxygen atoms in total. The molecule has 0 aliphatic carbocycles. The van der Waals surface area contributed by atoms with Gasteiger partial charge in [-0.05, 0) is 60.4 Å². The molecule has 0 radical (unpaired) electrons. The molecule has 3 aromatic rings. The van der Waals surface area contributed by atoms with E-state index in [1.807, 2.05) is 67.6 Å². The fourth-order valence-corrected chi connectivity index (χ4v) is 4.24. The molecule has 0 bridgehead atoms. The van der Waals surface area contributed by atoms with Gasteiger partial charge in [0, 0.05) is 29.2 Å². The number of halogens is 1. The first-order valence-corrected chi connectivity index (χ1v) is 10.8. The minimum atomic E-state index is -1.05. The molecule has 158 valence electrons. The van der Waals surface area contributed by atoms with Crippen LogP contribution in [0.3, 0.4) is 0 Å². The van der Waals surface area contributed by atoms with Crippen LogP contribution in [0.15, 0.2) is 72.8 Å². The van der Waals surface area contributed by atoms with E-state index in [1.165, 1.54) is 5.56 Å². The molecule has 2 amide bonds. The highest BCUT2D eigenvalue weighted by molar-refractivity contribution is 6.30. The first-order valence-electron chi connectivity index (χ1n) is 10.5. The van der Waals surface area contributed by atoms with Gasteiger partial charge in [0.15, 0.2) is 0 Å². The molecule has 1 aliphatic heterocycles. The van der Waals surface area contributed by atoms with Gasteiger partial charge in [-0.25, -0.2) is 0 Å². The van der Waals surface area contributed by atoms with Gasteiger partial charge in [0.05, 0.1) is 0 Å². The lowest BCUT2D eigenvalue weighted by Crippen LogP contribution is -2.63. The van der Waals surface area contributed by atoms with Crippen LogP contribution in [0.5, 0.6) is 0 Å². The van der Waals surface area contributed by atoms with Crippen LogP contribution in [0.25, 0.3) is 0 Å². The maximum Gasteiger partial charge on any atom is 0.259 e. The van der Waals surface area contributed by atoms with E-state index in [0.717, 1.165) is 23.2 Å². The Bertz CT molecular complexity index is 1110. The highest BCUT2D eigenvalue weighted by Crippen LogP contribution is 2.35. The second kappa shape index (κ2) is 8.56. The molecule has 0 aromatic heterocycles. The van der Waals surface area contributed by atoms with Gasteiger partial charge in [0.2, 0.25) is 5.91 Å². The number of fused-ring (bicyclic) bond motifs is 1. The number of nitrogens with zero attached hydrogens (tertiary/aromatic N) is 1. The van der Waals surface area contributed by atoms with Crippen LogP contribution in [0.1, 0.15) is 40.9 Å². The van der Waals surface area contributed by atoms with Crippen LogP contribution in [-0.4, -0.2) is 17.4 Å². The molecule has 3 aromatic carbocycles. The minimum absolute atomic E-state index is 0.157. The third-order valence-electron chi connectivity index (χ3n) is 5.94. The van der Waals surface area contributed by atoms with Gasteiger partial charge < -0.3 is 5.32 Å². The Balaban J connectivity index is 1.69. The molecule has 0 spiro atoms. The summed E-state index contributed by atoms with van der Waals surface area (Å²) in [5.41, 5.74) is 3.33. The first-order chi connectivity index (χ1) is 14.9. The minimum Gasteiger partial charge on any atom is -0.350 e. The fourth-order valence-electron chi connectivity index (χ4n) is 4.12. The second-order valence-corrected chi connectivity index (χ2v) is 8.51. The van der Waals surface area contributed by atoms with Crippen molar-refractivity contribution in [2.75, 3.05) is 4.90 Å². The maximum absolute atomic E-state index is 13.5. The van der Waals surface area contributed by atoms with Crippen molar-refractivity contribution in [1.29, 1.82) is 0 Å². The smallest absolute Gasteiger partial charge is 0.259 e. The Labute approximate surface area is 187 Å². The van der Waals surface area contributed by atoms with Crippen LogP contribution >= 0.6 is 11.6 Å². The number of hydrogen-bond acceptors (Lipinski definition) is 2. The Hall–Kier alpha value is -3.11. The zero-order chi connectivity index (χ0) is 22.0. The number of carbonyl (C=O) groups excluding carboxylic acids is 2. The lowest BCUT2D eigenvalue weighted by molar-refractivity contribution is -0.126. The average molecular weight is 433 g/mol. The van der Waals surface area contributed by atoms with Crippen molar-refractivity contribution in [2.45, 2.75) is 38.8 Å². The van der Waals surface area contributed by atoms with Gasteiger partial charge in [0.25, 0.3) is 5.91 Å². The lowest BCUT2D eigenvalue weighted by atomic mass is 9.82. The number of benzene rings is 3. The van der Waals surface area contributed by atoms with E-state index in [9.17, 15) is 9.59 Å². The van der Waals surface area contributed by atoms with Gasteiger partial charge in [-0.1, -0.05) is 61.0 Å². The van der Waals surface area contributed by atoms with E-state index in [-0.39, 0.29) is 11.8 Å². The quantitative estimate of drug-likeness (QED) is 0.603. The van der Waals surface area contributed by atoms with Crippen molar-refractivity contribution in [2.24, 2.45) is 0 Å². The molecule has 4 rings (SSSR count). The summed E-state index contributed by atoms with van der Waals surface area (Å²) in [6, 6.07) is 22.8. The highest BCUT2D eigenvalue weighted by atomic mass is 35.5. The fraction of sp³-hybridized carbons (Fsp3) is 0.231. The van der Waals surface area contributed by atoms with E-state index in [1.54, 1.807) is 17.0 Å². The summed E-state index contributed by atoms with van der Waals surface area (Å²) >= 11 is 5.96. The van der Waals surface area contributed by atoms with Gasteiger partial charge >= 0.3 is 0 Å². The summed E-state index contributed by atoms with van der Waals surface area (Å²) in [5.74, 6) is -0.347. The molecule has 0 fully saturated rings. The van der Waals surface area contributed by atoms with Crippen LogP contribution in [0.2, 0.25) is 5.02 Å². The Kier molecular flexibility index (Phi) is 5.84. The summed E-state index contributed by atoms with van der Waals surface area (Å²) in [4.78, 5) is 28.7. The van der Waals surface area contributed by atoms with Crippen molar-refractivity contribution in [3.63, 3.8) is 0 Å². The number of carbonyl (C=O) groups is 2. The van der Waals surface area contributed by atoms with E-state index < -0.39 is 5.54 Å². The number of nitrogens with one attached hydrogen (secondary N) is 1. The monoisotopic (exact) mass is 432 g/mol. The van der Waals surface area contributed by atoms with Crippen LogP contribution in [-0.2, 0) is 24.2 Å². The molecule has 1 aliphatic rings. The zero-order valence-electron chi connectivity index (χ0n) is 17.7. The third-order valence-corrected chi connectivity index (χ3v) is 6.19. The zero-order valence-corrected chi connectivity index (χ0v) is 18.4. The van der Waals surface area contributed by atoms with Crippen LogP contribution in [0, 0.1) is 0 Å². The molecule has 0 saturated carbocycles. The van der Waals surface area contributed by atoms with Gasteiger partial charge in [-0.3, -0.25) is 14.5 Å². The van der Waals surface area contributed by atoms with Crippen molar-refractivity contribution < 1.29 is 9.59 Å². The molecule has 1 atom stereocenters. The first kappa shape index (κ1) is 21.1. The van der Waals surface area contributed by atoms with E-state index in [0.29, 0.717) is 23.6 Å². The van der Waals surface area contributed by atoms with E-state index in [4.69, 9.17) is 11.6 Å². The maximum atomic E-state index is 13.5. The summed E-state index contributed by atoms with van der Waals surface area (Å²) in [6.45, 7) is 4.29. The number of anilines is 1. The molecule has 0 unspecified atom stereocenters. The van der Waals surface area contributed by atoms with Crippen molar-refractivity contribution >= 4 is 29.1 Å². The molecule has 1 heterocycles. The third kappa shape index (κ3) is 4.08. The summed E-state index contributed by atoms with van der Waals surface area (Å²) < 4.78 is 0. The molecule has 5 heteroatoms. The van der Waals surface area contributed by atoms with Crippen LogP contribution in [0.4, 0.5) is 5.69 Å². The molecule has 1 N–H and O–H groups in total. The molecular weight excluding hydrogens is 408 g/mol. The summed E-state index contributed by atoms with van der Waals surface area (Å²) in [5, 5.41) is 3.68. The van der Waals surface area contributed by atoms with Gasteiger partial charge in [0.1, 0.15) is 5.54 Å². The Morgan fingerprint density at radius 1 is 1.00 bits per heavy atom. The number of rotatable bonds is 5. The van der Waals surface area contributed by atoms with Crippen molar-refractivity contribution in [3.05, 3.63) is 100 Å². The van der Waals surface area contributed by atoms with E-state index >= 15 is 0 Å². The molecular formula is C26H25ClN2O2. The Morgan fingerprint density at radius 3 is 2.32 bits per heavy atom. The second-order valence-electron chi connectivity index (χ2n) is 8.08. The normalized spacial score (nSPS) is 17.9. The average Bonchev–Trinajstić information content (AvgIpc) is 2.79. The summed E-state index contributed by atoms with van der Waals surface area (Å²) in [7, 11) is 0. The Morgan fingerprint density at radius 2 is 1.65 bits per heavy atom. The predicted molar refractivity (Wildman–Crippen MR) is 124 cm³/mol. The highest BCUT2D eigenvalue weighted by Gasteiger charge is 2.47. The van der Waals surface area contributed by atoms with E-state index in [2.05, 4.69) is 12.2 Å². The van der Waals surface area contributed by atoms with Crippen molar-refractivity contribution in [3.8, 4) is 0 Å². The van der Waals surface area contributed by atoms with Crippen LogP contribution < -0.4 is 10.2 Å². The lowest BCUT2D eigenvalue weighted by Gasteiger charge is -2.44. The number of amides is 2. The topological polar surface area (TPSA) is 49.4 Å². The standard InChI is InChI=1S/C26H25ClN2O2/c1-3-18-10-14-22(15-11-18)29-24(30)23-7-5-4-6-20(23)16-26(29,2)25(31)28-17-19-8-12-21(27)13-9-19/h4-15H,3,16-17H2,1-2H3,(H,28,31)/t26-/m0/s1. The number of aryl methyl sites for hydroxylation is 1. The number of hydrogen-bond donors (Lipinski definition) is 1. The predicted octanol–water partition coefficient (Wildman–Crippen LogP) is 5.18. The largest absolute Gasteiger partial charge is 0.350 e. The summed E-state index contributed by atoms with van der Waals surface area (Å²) in [6.07, 6.45) is 1.35. The van der Waals surface area contributed by atoms with Gasteiger partial charge in [-0.2, -0.15) is 0 Å².